The summed E-state index contributed by atoms with van der Waals surface area (Å²) in [6, 6.07) is 11.0. The van der Waals surface area contributed by atoms with Gasteiger partial charge in [-0.3, -0.25) is 0 Å². The molecule has 1 atom stereocenters. The van der Waals surface area contributed by atoms with E-state index in [9.17, 15) is 18.0 Å². The molecule has 120 valence electrons. The number of nitrogens with two attached hydrogens (primary N) is 1. The maximum atomic E-state index is 13.8. The molecule has 0 radical (unpaired) electrons. The average molecular weight is 322 g/mol. The predicted molar refractivity (Wildman–Crippen MR) is 78.2 cm³/mol. The molecule has 2 amide bonds. The summed E-state index contributed by atoms with van der Waals surface area (Å²) >= 11 is 0. The molecule has 3 N–H and O–H groups in total. The number of hydrogen-bond acceptors (Lipinski definition) is 2. The van der Waals surface area contributed by atoms with E-state index < -0.39 is 24.2 Å². The van der Waals surface area contributed by atoms with Crippen molar-refractivity contribution in [3.05, 3.63) is 59.7 Å². The first-order chi connectivity index (χ1) is 10.8. The topological polar surface area (TPSA) is 64.4 Å². The fourth-order valence-corrected chi connectivity index (χ4v) is 2.76. The number of carbonyl (C=O) groups excluding carboxylic acids is 1. The summed E-state index contributed by atoms with van der Waals surface area (Å²) in [5.41, 5.74) is 3.09. The summed E-state index contributed by atoms with van der Waals surface area (Å²) in [5, 5.41) is 2.34. The van der Waals surface area contributed by atoms with E-state index in [1.54, 1.807) is 6.07 Å². The van der Waals surface area contributed by atoms with Crippen LogP contribution < -0.4 is 15.8 Å². The molecule has 2 aromatic carbocycles. The van der Waals surface area contributed by atoms with Crippen LogP contribution in [0.4, 0.5) is 23.7 Å². The number of amides is 2. The van der Waals surface area contributed by atoms with Crippen molar-refractivity contribution in [1.29, 1.82) is 0 Å². The van der Waals surface area contributed by atoms with Crippen molar-refractivity contribution in [2.75, 3.05) is 5.32 Å². The van der Waals surface area contributed by atoms with E-state index in [0.29, 0.717) is 0 Å². The fourth-order valence-electron chi connectivity index (χ4n) is 2.76. The number of primary amides is 1. The van der Waals surface area contributed by atoms with E-state index >= 15 is 0 Å². The molecular formula is C16H13F3N2O2. The molecule has 0 aromatic heterocycles. The number of urea groups is 1. The molecule has 1 unspecified atom stereocenters. The molecule has 0 saturated heterocycles. The van der Waals surface area contributed by atoms with E-state index in [1.165, 1.54) is 42.5 Å². The molecule has 1 aliphatic heterocycles. The molecule has 1 heterocycles. The van der Waals surface area contributed by atoms with Gasteiger partial charge in [0.1, 0.15) is 5.75 Å². The van der Waals surface area contributed by atoms with Gasteiger partial charge in [-0.2, -0.15) is 13.2 Å². The van der Waals surface area contributed by atoms with Gasteiger partial charge in [-0.05, 0) is 12.1 Å². The Morgan fingerprint density at radius 1 is 1.13 bits per heavy atom. The Kier molecular flexibility index (Phi) is 3.43. The minimum absolute atomic E-state index is 0.00808. The zero-order valence-electron chi connectivity index (χ0n) is 11.9. The van der Waals surface area contributed by atoms with Crippen LogP contribution in [0.1, 0.15) is 11.1 Å². The van der Waals surface area contributed by atoms with Gasteiger partial charge in [-0.25, -0.2) is 4.79 Å². The monoisotopic (exact) mass is 322 g/mol. The van der Waals surface area contributed by atoms with E-state index in [4.69, 9.17) is 10.5 Å². The second kappa shape index (κ2) is 5.19. The minimum Gasteiger partial charge on any atom is -0.472 e. The number of alkyl halides is 3. The van der Waals surface area contributed by atoms with E-state index in [2.05, 4.69) is 5.32 Å². The van der Waals surface area contributed by atoms with Gasteiger partial charge in [0.25, 0.3) is 0 Å². The lowest BCUT2D eigenvalue weighted by atomic mass is 9.88. The molecule has 23 heavy (non-hydrogen) atoms. The van der Waals surface area contributed by atoms with E-state index in [1.807, 2.05) is 0 Å². The smallest absolute Gasteiger partial charge is 0.432 e. The van der Waals surface area contributed by atoms with Crippen LogP contribution in [0.5, 0.6) is 5.75 Å². The second-order valence-electron chi connectivity index (χ2n) is 5.24. The zero-order chi connectivity index (χ0) is 16.7. The third-order valence-electron chi connectivity index (χ3n) is 3.80. The number of nitrogens with one attached hydrogen (secondary N) is 1. The standard InChI is InChI=1S/C16H13F3N2O2/c17-16(18,19)15(10-5-2-1-3-6-10)9-11-12(21-14(20)22)7-4-8-13(11)23-15/h1-8H,9H2,(H3,20,21,22). The lowest BCUT2D eigenvalue weighted by Crippen LogP contribution is -2.46. The molecule has 7 heteroatoms. The SMILES string of the molecule is NC(=O)Nc1cccc2c1CC(c1ccccc1)(C(F)(F)F)O2. The maximum absolute atomic E-state index is 13.8. The number of halogens is 3. The van der Waals surface area contributed by atoms with Crippen LogP contribution in [0, 0.1) is 0 Å². The van der Waals surface area contributed by atoms with Crippen molar-refractivity contribution >= 4 is 11.7 Å². The number of rotatable bonds is 2. The fraction of sp³-hybridized carbons (Fsp3) is 0.188. The second-order valence-corrected chi connectivity index (χ2v) is 5.24. The van der Waals surface area contributed by atoms with Crippen LogP contribution in [0.2, 0.25) is 0 Å². The summed E-state index contributed by atoms with van der Waals surface area (Å²) in [4.78, 5) is 11.0. The van der Waals surface area contributed by atoms with Crippen molar-refractivity contribution in [2.24, 2.45) is 5.73 Å². The molecule has 0 saturated carbocycles. The first-order valence-corrected chi connectivity index (χ1v) is 6.83. The largest absolute Gasteiger partial charge is 0.472 e. The molecule has 0 fully saturated rings. The Morgan fingerprint density at radius 2 is 1.83 bits per heavy atom. The lowest BCUT2D eigenvalue weighted by molar-refractivity contribution is -0.248. The average Bonchev–Trinajstić information content (AvgIpc) is 2.89. The number of carbonyl (C=O) groups is 1. The first kappa shape index (κ1) is 15.2. The summed E-state index contributed by atoms with van der Waals surface area (Å²) in [6.07, 6.45) is -5.07. The summed E-state index contributed by atoms with van der Waals surface area (Å²) in [5.74, 6) is 0.0810. The van der Waals surface area contributed by atoms with Crippen molar-refractivity contribution in [3.63, 3.8) is 0 Å². The Balaban J connectivity index is 2.11. The van der Waals surface area contributed by atoms with Crippen LogP contribution in [0.25, 0.3) is 0 Å². The van der Waals surface area contributed by atoms with Crippen molar-refractivity contribution < 1.29 is 22.7 Å². The molecule has 2 aromatic rings. The normalized spacial score (nSPS) is 19.8. The summed E-state index contributed by atoms with van der Waals surface area (Å²) in [7, 11) is 0. The highest BCUT2D eigenvalue weighted by Gasteiger charge is 2.61. The first-order valence-electron chi connectivity index (χ1n) is 6.83. The van der Waals surface area contributed by atoms with Crippen molar-refractivity contribution in [1.82, 2.24) is 0 Å². The van der Waals surface area contributed by atoms with Gasteiger partial charge in [0, 0.05) is 23.2 Å². The van der Waals surface area contributed by atoms with Gasteiger partial charge in [-0.15, -0.1) is 0 Å². The Labute approximate surface area is 130 Å². The predicted octanol–water partition coefficient (Wildman–Crippen LogP) is 3.57. The Hall–Kier alpha value is -2.70. The summed E-state index contributed by atoms with van der Waals surface area (Å²) < 4.78 is 46.8. The summed E-state index contributed by atoms with van der Waals surface area (Å²) in [6.45, 7) is 0. The van der Waals surface area contributed by atoms with Crippen molar-refractivity contribution in [3.8, 4) is 5.75 Å². The molecule has 3 rings (SSSR count). The Morgan fingerprint density at radius 3 is 2.43 bits per heavy atom. The van der Waals surface area contributed by atoms with Crippen LogP contribution in [0.15, 0.2) is 48.5 Å². The highest BCUT2D eigenvalue weighted by atomic mass is 19.4. The van der Waals surface area contributed by atoms with Crippen LogP contribution in [-0.4, -0.2) is 12.2 Å². The van der Waals surface area contributed by atoms with Crippen LogP contribution in [-0.2, 0) is 12.0 Å². The molecule has 4 nitrogen and oxygen atoms in total. The van der Waals surface area contributed by atoms with E-state index in [0.717, 1.165) is 0 Å². The zero-order valence-corrected chi connectivity index (χ0v) is 11.9. The van der Waals surface area contributed by atoms with Gasteiger partial charge >= 0.3 is 12.2 Å². The Bertz CT molecular complexity index is 747. The third-order valence-corrected chi connectivity index (χ3v) is 3.80. The quantitative estimate of drug-likeness (QED) is 0.888. The highest BCUT2D eigenvalue weighted by Crippen LogP contribution is 2.52. The molecular weight excluding hydrogens is 309 g/mol. The number of hydrogen-bond donors (Lipinski definition) is 2. The molecule has 0 aliphatic carbocycles. The number of fused-ring (bicyclic) bond motifs is 1. The van der Waals surface area contributed by atoms with Gasteiger partial charge in [0.2, 0.25) is 5.60 Å². The van der Waals surface area contributed by atoms with Gasteiger partial charge in [-0.1, -0.05) is 36.4 Å². The molecule has 0 spiro atoms. The maximum Gasteiger partial charge on any atom is 0.432 e. The van der Waals surface area contributed by atoms with Crippen LogP contribution in [0.3, 0.4) is 0 Å². The van der Waals surface area contributed by atoms with Gasteiger partial charge < -0.3 is 15.8 Å². The minimum atomic E-state index is -4.63. The third kappa shape index (κ3) is 2.48. The van der Waals surface area contributed by atoms with Gasteiger partial charge in [0.05, 0.1) is 0 Å². The molecule has 1 aliphatic rings. The number of benzene rings is 2. The van der Waals surface area contributed by atoms with Crippen LogP contribution >= 0.6 is 0 Å². The van der Waals surface area contributed by atoms with Crippen molar-refractivity contribution in [2.45, 2.75) is 18.2 Å². The highest BCUT2D eigenvalue weighted by molar-refractivity contribution is 5.89. The molecule has 0 bridgehead atoms. The van der Waals surface area contributed by atoms with E-state index in [-0.39, 0.29) is 22.6 Å². The number of anilines is 1. The lowest BCUT2D eigenvalue weighted by Gasteiger charge is -2.31. The van der Waals surface area contributed by atoms with Gasteiger partial charge in [0.15, 0.2) is 0 Å². The number of ether oxygens (including phenoxy) is 1.